The Morgan fingerprint density at radius 2 is 1.68 bits per heavy atom. The highest BCUT2D eigenvalue weighted by Gasteiger charge is 2.15. The van der Waals surface area contributed by atoms with Crippen molar-refractivity contribution in [2.45, 2.75) is 0 Å². The van der Waals surface area contributed by atoms with Gasteiger partial charge in [-0.1, -0.05) is 24.3 Å². The minimum absolute atomic E-state index is 0.101. The van der Waals surface area contributed by atoms with E-state index in [4.69, 9.17) is 12.2 Å². The first-order chi connectivity index (χ1) is 13.4. The van der Waals surface area contributed by atoms with Crippen molar-refractivity contribution in [2.24, 2.45) is 0 Å². The molecule has 3 rings (SSSR count). The number of hydrogen-bond donors (Lipinski definition) is 4. The van der Waals surface area contributed by atoms with Gasteiger partial charge in [0.15, 0.2) is 5.11 Å². The second kappa shape index (κ2) is 8.45. The number of hydrazine groups is 1. The maximum absolute atomic E-state index is 14.0. The monoisotopic (exact) mass is 399 g/mol. The predicted molar refractivity (Wildman–Crippen MR) is 107 cm³/mol. The number of rotatable bonds is 3. The number of phenolic OH excluding ortho intramolecular Hbond substituents is 1. The van der Waals surface area contributed by atoms with Crippen LogP contribution < -0.4 is 16.2 Å². The summed E-state index contributed by atoms with van der Waals surface area (Å²) in [6, 6.07) is 16.2. The second-order valence-corrected chi connectivity index (χ2v) is 6.16. The van der Waals surface area contributed by atoms with E-state index in [0.29, 0.717) is 5.56 Å². The number of hydrogen-bond acceptors (Lipinski definition) is 3. The van der Waals surface area contributed by atoms with Crippen LogP contribution in [0.2, 0.25) is 0 Å². The summed E-state index contributed by atoms with van der Waals surface area (Å²) < 4.78 is 27.1. The molecule has 0 radical (unpaired) electrons. The van der Waals surface area contributed by atoms with Crippen LogP contribution in [0.4, 0.5) is 14.5 Å². The first-order valence-corrected chi connectivity index (χ1v) is 8.55. The maximum Gasteiger partial charge on any atom is 0.273 e. The number of carbonyl (C=O) groups is 1. The van der Waals surface area contributed by atoms with Crippen LogP contribution >= 0.6 is 12.2 Å². The van der Waals surface area contributed by atoms with Crippen LogP contribution in [-0.2, 0) is 0 Å². The fourth-order valence-corrected chi connectivity index (χ4v) is 2.64. The number of phenols is 1. The van der Waals surface area contributed by atoms with Crippen molar-refractivity contribution in [3.63, 3.8) is 0 Å². The zero-order valence-electron chi connectivity index (χ0n) is 14.4. The largest absolute Gasteiger partial charge is 0.507 e. The Hall–Kier alpha value is -3.52. The third kappa shape index (κ3) is 4.60. The van der Waals surface area contributed by atoms with Crippen LogP contribution in [0.5, 0.6) is 5.75 Å². The number of thiocarbonyl (C=S) groups is 1. The molecule has 0 aliphatic rings. The van der Waals surface area contributed by atoms with Crippen molar-refractivity contribution in [1.29, 1.82) is 0 Å². The molecule has 3 aromatic carbocycles. The summed E-state index contributed by atoms with van der Waals surface area (Å²) in [5.41, 5.74) is 5.92. The van der Waals surface area contributed by atoms with Crippen molar-refractivity contribution < 1.29 is 18.7 Å². The van der Waals surface area contributed by atoms with Crippen LogP contribution in [0.1, 0.15) is 10.4 Å². The summed E-state index contributed by atoms with van der Waals surface area (Å²) in [6.07, 6.45) is 0. The summed E-state index contributed by atoms with van der Waals surface area (Å²) in [4.78, 5) is 12.4. The summed E-state index contributed by atoms with van der Waals surface area (Å²) in [5.74, 6) is -2.46. The molecule has 0 fully saturated rings. The lowest BCUT2D eigenvalue weighted by Gasteiger charge is -2.13. The molecule has 0 unspecified atom stereocenters. The normalized spacial score (nSPS) is 10.2. The highest BCUT2D eigenvalue weighted by Crippen LogP contribution is 2.28. The molecule has 8 heteroatoms. The first-order valence-electron chi connectivity index (χ1n) is 8.15. The Bertz CT molecular complexity index is 1030. The molecule has 0 spiro atoms. The Morgan fingerprint density at radius 1 is 0.929 bits per heavy atom. The number of nitrogens with one attached hydrogen (secondary N) is 3. The van der Waals surface area contributed by atoms with Gasteiger partial charge in [0.05, 0.1) is 5.56 Å². The van der Waals surface area contributed by atoms with Crippen molar-refractivity contribution >= 4 is 28.9 Å². The molecule has 0 aliphatic carbocycles. The highest BCUT2D eigenvalue weighted by molar-refractivity contribution is 7.80. The molecule has 0 aromatic heterocycles. The lowest BCUT2D eigenvalue weighted by atomic mass is 10.0. The molecule has 0 saturated heterocycles. The molecule has 1 amide bonds. The summed E-state index contributed by atoms with van der Waals surface area (Å²) in [5, 5.41) is 13.0. The summed E-state index contributed by atoms with van der Waals surface area (Å²) in [7, 11) is 0. The van der Waals surface area contributed by atoms with Crippen molar-refractivity contribution in [2.75, 3.05) is 5.32 Å². The number of para-hydroxylation sites is 1. The molecule has 0 saturated carbocycles. The van der Waals surface area contributed by atoms with Crippen molar-refractivity contribution in [1.82, 2.24) is 10.9 Å². The smallest absolute Gasteiger partial charge is 0.273 e. The molecule has 0 bridgehead atoms. The number of halogens is 2. The first kappa shape index (κ1) is 19.2. The molecule has 28 heavy (non-hydrogen) atoms. The molecule has 0 heterocycles. The molecule has 3 aromatic rings. The SMILES string of the molecule is O=C(NNC(=S)Nc1ccccc1)c1cc(-c2ccc(F)cc2F)ccc1O. The Morgan fingerprint density at radius 3 is 2.39 bits per heavy atom. The Kier molecular flexibility index (Phi) is 5.81. The highest BCUT2D eigenvalue weighted by atomic mass is 32.1. The molecule has 4 N–H and O–H groups in total. The van der Waals surface area contributed by atoms with Crippen LogP contribution in [-0.4, -0.2) is 16.1 Å². The van der Waals surface area contributed by atoms with Gasteiger partial charge in [-0.05, 0) is 54.2 Å². The van der Waals surface area contributed by atoms with Gasteiger partial charge in [-0.25, -0.2) is 8.78 Å². The van der Waals surface area contributed by atoms with Crippen LogP contribution in [0.3, 0.4) is 0 Å². The summed E-state index contributed by atoms with van der Waals surface area (Å²) in [6.45, 7) is 0. The van der Waals surface area contributed by atoms with E-state index in [1.54, 1.807) is 12.1 Å². The minimum Gasteiger partial charge on any atom is -0.507 e. The standard InChI is InChI=1S/C20H15F2N3O2S/c21-13-7-8-15(17(22)11-13)12-6-9-18(26)16(10-12)19(27)24-25-20(28)23-14-4-2-1-3-5-14/h1-11,26H,(H,24,27)(H2,23,25,28). The van der Waals surface area contributed by atoms with E-state index >= 15 is 0 Å². The van der Waals surface area contributed by atoms with E-state index in [2.05, 4.69) is 16.2 Å². The molecule has 142 valence electrons. The van der Waals surface area contributed by atoms with E-state index in [1.165, 1.54) is 24.3 Å². The summed E-state index contributed by atoms with van der Waals surface area (Å²) >= 11 is 5.08. The maximum atomic E-state index is 14.0. The van der Waals surface area contributed by atoms with Gasteiger partial charge >= 0.3 is 0 Å². The topological polar surface area (TPSA) is 73.4 Å². The van der Waals surface area contributed by atoms with Gasteiger partial charge in [0, 0.05) is 17.3 Å². The number of anilines is 1. The van der Waals surface area contributed by atoms with E-state index < -0.39 is 17.5 Å². The quantitative estimate of drug-likeness (QED) is 0.396. The van der Waals surface area contributed by atoms with Gasteiger partial charge in [-0.3, -0.25) is 15.6 Å². The van der Waals surface area contributed by atoms with E-state index in [-0.39, 0.29) is 22.0 Å². The number of aromatic hydroxyl groups is 1. The third-order valence-corrected chi connectivity index (χ3v) is 4.01. The average Bonchev–Trinajstić information content (AvgIpc) is 2.67. The lowest BCUT2D eigenvalue weighted by molar-refractivity contribution is 0.0941. The number of benzene rings is 3. The minimum atomic E-state index is -0.775. The van der Waals surface area contributed by atoms with Gasteiger partial charge in [-0.2, -0.15) is 0 Å². The second-order valence-electron chi connectivity index (χ2n) is 5.76. The number of carbonyl (C=O) groups excluding carboxylic acids is 1. The molecular weight excluding hydrogens is 384 g/mol. The van der Waals surface area contributed by atoms with E-state index in [0.717, 1.165) is 17.8 Å². The van der Waals surface area contributed by atoms with E-state index in [9.17, 15) is 18.7 Å². The fourth-order valence-electron chi connectivity index (χ4n) is 2.47. The van der Waals surface area contributed by atoms with Gasteiger partial charge in [0.1, 0.15) is 17.4 Å². The average molecular weight is 399 g/mol. The third-order valence-electron chi connectivity index (χ3n) is 3.80. The van der Waals surface area contributed by atoms with Crippen LogP contribution in [0.25, 0.3) is 11.1 Å². The molecule has 0 aliphatic heterocycles. The van der Waals surface area contributed by atoms with Crippen LogP contribution in [0.15, 0.2) is 66.7 Å². The Labute approximate surface area is 165 Å². The van der Waals surface area contributed by atoms with Crippen molar-refractivity contribution in [3.05, 3.63) is 83.9 Å². The lowest BCUT2D eigenvalue weighted by Crippen LogP contribution is -2.43. The van der Waals surface area contributed by atoms with E-state index in [1.807, 2.05) is 18.2 Å². The molecule has 5 nitrogen and oxygen atoms in total. The Balaban J connectivity index is 1.72. The zero-order chi connectivity index (χ0) is 20.1. The number of amides is 1. The van der Waals surface area contributed by atoms with Gasteiger partial charge in [-0.15, -0.1) is 0 Å². The van der Waals surface area contributed by atoms with Gasteiger partial charge < -0.3 is 10.4 Å². The van der Waals surface area contributed by atoms with Crippen LogP contribution in [0, 0.1) is 11.6 Å². The molecule has 0 atom stereocenters. The zero-order valence-corrected chi connectivity index (χ0v) is 15.2. The fraction of sp³-hybridized carbons (Fsp3) is 0. The van der Waals surface area contributed by atoms with Gasteiger partial charge in [0.25, 0.3) is 5.91 Å². The predicted octanol–water partition coefficient (Wildman–Crippen LogP) is 3.97. The van der Waals surface area contributed by atoms with Gasteiger partial charge in [0.2, 0.25) is 0 Å². The molecular formula is C20H15F2N3O2S. The van der Waals surface area contributed by atoms with Crippen molar-refractivity contribution in [3.8, 4) is 16.9 Å².